The molecule has 0 spiro atoms. The third-order valence-electron chi connectivity index (χ3n) is 4.91. The lowest BCUT2D eigenvalue weighted by Crippen LogP contribution is -2.38. The van der Waals surface area contributed by atoms with E-state index in [1.807, 2.05) is 31.2 Å². The maximum Gasteiger partial charge on any atom is 0.310 e. The Morgan fingerprint density at radius 1 is 1.03 bits per heavy atom. The van der Waals surface area contributed by atoms with Gasteiger partial charge >= 0.3 is 5.97 Å². The lowest BCUT2D eigenvalue weighted by atomic mass is 10.1. The maximum absolute atomic E-state index is 12.7. The van der Waals surface area contributed by atoms with Crippen LogP contribution in [0, 0.1) is 0 Å². The molecular weight excluding hydrogens is 374 g/mol. The molecule has 3 rings (SSSR count). The number of carbonyl (C=O) groups excluding carboxylic acids is 2. The second kappa shape index (κ2) is 8.86. The Bertz CT molecular complexity index is 885. The minimum absolute atomic E-state index is 0.0177. The smallest absolute Gasteiger partial charge is 0.310 e. The fraction of sp³-hybridized carbons (Fsp3) is 0.364. The first kappa shape index (κ1) is 20.5. The number of hydrogen-bond donors (Lipinski definition) is 0. The van der Waals surface area contributed by atoms with E-state index >= 15 is 0 Å². The molecule has 1 aliphatic heterocycles. The maximum atomic E-state index is 12.7. The quantitative estimate of drug-likeness (QED) is 0.667. The summed E-state index contributed by atoms with van der Waals surface area (Å²) in [6, 6.07) is 11.2. The third kappa shape index (κ3) is 4.29. The topological polar surface area (TPSA) is 74.3 Å². The predicted molar refractivity (Wildman–Crippen MR) is 108 cm³/mol. The van der Waals surface area contributed by atoms with Gasteiger partial charge in [0.1, 0.15) is 0 Å². The normalized spacial score (nSPS) is 14.9. The van der Waals surface area contributed by atoms with Crippen LogP contribution in [-0.2, 0) is 27.2 Å². The Morgan fingerprint density at radius 3 is 2.31 bits per heavy atom. The van der Waals surface area contributed by atoms with E-state index in [0.29, 0.717) is 22.8 Å². The lowest BCUT2D eigenvalue weighted by Gasteiger charge is -2.22. The summed E-state index contributed by atoms with van der Waals surface area (Å²) in [5, 5.41) is 0. The third-order valence-corrected chi connectivity index (χ3v) is 4.91. The predicted octanol–water partition coefficient (Wildman–Crippen LogP) is 2.78. The SMILES string of the molecule is COc1cc(CC(=O)OCC(=O)N2c3ccccc3C[C@@H]2C)cc(OC)c1OC. The fourth-order valence-corrected chi connectivity index (χ4v) is 3.61. The van der Waals surface area contributed by atoms with Crippen LogP contribution < -0.4 is 19.1 Å². The van der Waals surface area contributed by atoms with Crippen LogP contribution in [0.25, 0.3) is 0 Å². The van der Waals surface area contributed by atoms with Crippen molar-refractivity contribution in [3.8, 4) is 17.2 Å². The van der Waals surface area contributed by atoms with Crippen LogP contribution in [-0.4, -0.2) is 45.9 Å². The molecule has 0 saturated carbocycles. The van der Waals surface area contributed by atoms with Crippen LogP contribution in [0.2, 0.25) is 0 Å². The summed E-state index contributed by atoms with van der Waals surface area (Å²) in [6.45, 7) is 1.68. The van der Waals surface area contributed by atoms with Crippen LogP contribution in [0.1, 0.15) is 18.1 Å². The molecule has 0 bridgehead atoms. The summed E-state index contributed by atoms with van der Waals surface area (Å²) in [5.41, 5.74) is 2.64. The number of carbonyl (C=O) groups is 2. The number of rotatable bonds is 7. The highest BCUT2D eigenvalue weighted by Crippen LogP contribution is 2.38. The first-order valence-electron chi connectivity index (χ1n) is 9.33. The second-order valence-electron chi connectivity index (χ2n) is 6.82. The number of ether oxygens (including phenoxy) is 4. The molecule has 0 saturated heterocycles. The van der Waals surface area contributed by atoms with Crippen molar-refractivity contribution >= 4 is 17.6 Å². The number of fused-ring (bicyclic) bond motifs is 1. The van der Waals surface area contributed by atoms with E-state index in [0.717, 1.165) is 17.7 Å². The number of methoxy groups -OCH3 is 3. The highest BCUT2D eigenvalue weighted by molar-refractivity contribution is 5.97. The molecule has 7 nitrogen and oxygen atoms in total. The molecule has 7 heteroatoms. The van der Waals surface area contributed by atoms with E-state index in [1.54, 1.807) is 17.0 Å². The van der Waals surface area contributed by atoms with Gasteiger partial charge in [-0.05, 0) is 42.7 Å². The molecule has 2 aromatic rings. The molecule has 1 heterocycles. The number of esters is 1. The van der Waals surface area contributed by atoms with Crippen LogP contribution in [0.4, 0.5) is 5.69 Å². The Balaban J connectivity index is 1.64. The first-order valence-corrected chi connectivity index (χ1v) is 9.33. The number of para-hydroxylation sites is 1. The molecule has 154 valence electrons. The summed E-state index contributed by atoms with van der Waals surface area (Å²) in [4.78, 5) is 26.7. The number of nitrogens with zero attached hydrogens (tertiary/aromatic N) is 1. The zero-order valence-corrected chi connectivity index (χ0v) is 17.1. The van der Waals surface area contributed by atoms with Gasteiger partial charge in [0, 0.05) is 11.7 Å². The van der Waals surface area contributed by atoms with Crippen LogP contribution in [0.3, 0.4) is 0 Å². The van der Waals surface area contributed by atoms with E-state index in [-0.39, 0.29) is 25.0 Å². The summed E-state index contributed by atoms with van der Waals surface area (Å²) < 4.78 is 21.1. The molecule has 0 aromatic heterocycles. The molecule has 0 radical (unpaired) electrons. The van der Waals surface area contributed by atoms with Crippen molar-refractivity contribution in [2.75, 3.05) is 32.8 Å². The molecule has 0 fully saturated rings. The summed E-state index contributed by atoms with van der Waals surface area (Å²) in [5.74, 6) is 0.610. The van der Waals surface area contributed by atoms with Gasteiger partial charge in [0.05, 0.1) is 27.8 Å². The molecular formula is C22H25NO6. The van der Waals surface area contributed by atoms with Gasteiger partial charge in [-0.15, -0.1) is 0 Å². The van der Waals surface area contributed by atoms with Crippen LogP contribution in [0.15, 0.2) is 36.4 Å². The van der Waals surface area contributed by atoms with Crippen molar-refractivity contribution in [3.63, 3.8) is 0 Å². The molecule has 1 atom stereocenters. The minimum Gasteiger partial charge on any atom is -0.493 e. The van der Waals surface area contributed by atoms with Gasteiger partial charge in [-0.1, -0.05) is 18.2 Å². The number of anilines is 1. The molecule has 1 amide bonds. The van der Waals surface area contributed by atoms with Gasteiger partial charge < -0.3 is 23.8 Å². The van der Waals surface area contributed by atoms with Crippen molar-refractivity contribution in [2.24, 2.45) is 0 Å². The molecule has 2 aromatic carbocycles. The Labute approximate surface area is 170 Å². The highest BCUT2D eigenvalue weighted by atomic mass is 16.5. The van der Waals surface area contributed by atoms with Crippen LogP contribution in [0.5, 0.6) is 17.2 Å². The summed E-state index contributed by atoms with van der Waals surface area (Å²) >= 11 is 0. The van der Waals surface area contributed by atoms with Crippen LogP contribution >= 0.6 is 0 Å². The highest BCUT2D eigenvalue weighted by Gasteiger charge is 2.31. The average molecular weight is 399 g/mol. The van der Waals surface area contributed by atoms with Gasteiger partial charge in [-0.2, -0.15) is 0 Å². The van der Waals surface area contributed by atoms with Crippen molar-refractivity contribution in [1.82, 2.24) is 0 Å². The van der Waals surface area contributed by atoms with E-state index in [1.165, 1.54) is 21.3 Å². The van der Waals surface area contributed by atoms with E-state index in [2.05, 4.69) is 0 Å². The van der Waals surface area contributed by atoms with E-state index < -0.39 is 5.97 Å². The van der Waals surface area contributed by atoms with Crippen molar-refractivity contribution in [1.29, 1.82) is 0 Å². The molecule has 0 unspecified atom stereocenters. The first-order chi connectivity index (χ1) is 14.0. The zero-order valence-electron chi connectivity index (χ0n) is 17.1. The number of hydrogen-bond acceptors (Lipinski definition) is 6. The van der Waals surface area contributed by atoms with Gasteiger partial charge in [0.15, 0.2) is 18.1 Å². The van der Waals surface area contributed by atoms with Crippen molar-refractivity contribution in [2.45, 2.75) is 25.8 Å². The Morgan fingerprint density at radius 2 is 1.69 bits per heavy atom. The van der Waals surface area contributed by atoms with Crippen molar-refractivity contribution < 1.29 is 28.5 Å². The Kier molecular flexibility index (Phi) is 6.26. The monoisotopic (exact) mass is 399 g/mol. The van der Waals surface area contributed by atoms with Crippen molar-refractivity contribution in [3.05, 3.63) is 47.5 Å². The molecule has 0 aliphatic carbocycles. The lowest BCUT2D eigenvalue weighted by molar-refractivity contribution is -0.147. The Hall–Kier alpha value is -3.22. The van der Waals surface area contributed by atoms with Gasteiger partial charge in [0.2, 0.25) is 5.75 Å². The number of benzene rings is 2. The zero-order chi connectivity index (χ0) is 21.0. The van der Waals surface area contributed by atoms with E-state index in [4.69, 9.17) is 18.9 Å². The molecule has 0 N–H and O–H groups in total. The van der Waals surface area contributed by atoms with Gasteiger partial charge in [-0.3, -0.25) is 9.59 Å². The molecule has 29 heavy (non-hydrogen) atoms. The summed E-state index contributed by atoms with van der Waals surface area (Å²) in [6.07, 6.45) is 0.775. The fourth-order valence-electron chi connectivity index (χ4n) is 3.61. The molecule has 1 aliphatic rings. The number of amides is 1. The standard InChI is InChI=1S/C22H25NO6/c1-14-9-16-7-5-6-8-17(16)23(14)20(24)13-29-21(25)12-15-10-18(26-2)22(28-4)19(11-15)27-3/h5-8,10-11,14H,9,12-13H2,1-4H3/t14-/m0/s1. The minimum atomic E-state index is -0.507. The largest absolute Gasteiger partial charge is 0.493 e. The summed E-state index contributed by atoms with van der Waals surface area (Å²) in [7, 11) is 4.53. The average Bonchev–Trinajstić information content (AvgIpc) is 3.06. The van der Waals surface area contributed by atoms with E-state index in [9.17, 15) is 9.59 Å². The van der Waals surface area contributed by atoms with Gasteiger partial charge in [0.25, 0.3) is 5.91 Å². The van der Waals surface area contributed by atoms with Gasteiger partial charge in [-0.25, -0.2) is 0 Å². The second-order valence-corrected chi connectivity index (χ2v) is 6.82.